The molecule has 94 valence electrons. The van der Waals surface area contributed by atoms with E-state index in [9.17, 15) is 0 Å². The van der Waals surface area contributed by atoms with Crippen molar-refractivity contribution in [3.8, 4) is 0 Å². The number of hydrogen-bond donors (Lipinski definition) is 1. The first-order valence-corrected chi connectivity index (χ1v) is 6.33. The first-order chi connectivity index (χ1) is 8.74. The van der Waals surface area contributed by atoms with E-state index in [4.69, 9.17) is 0 Å². The van der Waals surface area contributed by atoms with Crippen LogP contribution in [0.25, 0.3) is 11.0 Å². The number of para-hydroxylation sites is 1. The summed E-state index contributed by atoms with van der Waals surface area (Å²) < 4.78 is 0. The van der Waals surface area contributed by atoms with Crippen molar-refractivity contribution in [1.29, 1.82) is 0 Å². The number of anilines is 1. The minimum atomic E-state index is 0.393. The summed E-state index contributed by atoms with van der Waals surface area (Å²) in [5.41, 5.74) is 1.75. The van der Waals surface area contributed by atoms with Gasteiger partial charge in [-0.1, -0.05) is 12.1 Å². The predicted molar refractivity (Wildman–Crippen MR) is 71.6 cm³/mol. The number of piperazine rings is 1. The van der Waals surface area contributed by atoms with Crippen molar-refractivity contribution in [3.05, 3.63) is 24.3 Å². The smallest absolute Gasteiger partial charge is 0.246 e. The van der Waals surface area contributed by atoms with E-state index in [1.54, 1.807) is 0 Å². The molecule has 0 saturated carbocycles. The van der Waals surface area contributed by atoms with Crippen molar-refractivity contribution in [2.75, 3.05) is 18.0 Å². The van der Waals surface area contributed by atoms with Gasteiger partial charge >= 0.3 is 0 Å². The minimum absolute atomic E-state index is 0.393. The maximum Gasteiger partial charge on any atom is 0.246 e. The Bertz CT molecular complexity index is 556. The van der Waals surface area contributed by atoms with Crippen molar-refractivity contribution in [1.82, 2.24) is 20.5 Å². The second kappa shape index (κ2) is 4.49. The first kappa shape index (κ1) is 11.3. The van der Waals surface area contributed by atoms with Crippen molar-refractivity contribution in [2.45, 2.75) is 25.9 Å². The molecule has 2 atom stereocenters. The maximum atomic E-state index is 4.61. The highest BCUT2D eigenvalue weighted by Gasteiger charge is 2.24. The normalized spacial score (nSPS) is 24.4. The number of rotatable bonds is 1. The van der Waals surface area contributed by atoms with Crippen LogP contribution in [0.15, 0.2) is 24.3 Å². The van der Waals surface area contributed by atoms with E-state index in [1.165, 1.54) is 0 Å². The lowest BCUT2D eigenvalue weighted by molar-refractivity contribution is 0.419. The number of nitrogens with zero attached hydrogens (tertiary/aromatic N) is 4. The summed E-state index contributed by atoms with van der Waals surface area (Å²) in [5.74, 6) is 0.731. The van der Waals surface area contributed by atoms with E-state index in [0.29, 0.717) is 12.1 Å². The predicted octanol–water partition coefficient (Wildman–Crippen LogP) is 1.21. The van der Waals surface area contributed by atoms with Gasteiger partial charge in [0.05, 0.1) is 5.52 Å². The molecule has 0 bridgehead atoms. The van der Waals surface area contributed by atoms with Gasteiger partial charge in [-0.05, 0) is 26.0 Å². The zero-order valence-electron chi connectivity index (χ0n) is 10.7. The highest BCUT2D eigenvalue weighted by Crippen LogP contribution is 2.17. The van der Waals surface area contributed by atoms with Crippen LogP contribution in [0.2, 0.25) is 0 Å². The van der Waals surface area contributed by atoms with E-state index in [1.807, 2.05) is 24.3 Å². The van der Waals surface area contributed by atoms with Crippen LogP contribution in [0.1, 0.15) is 13.8 Å². The van der Waals surface area contributed by atoms with E-state index in [2.05, 4.69) is 39.2 Å². The van der Waals surface area contributed by atoms with Crippen LogP contribution in [0.5, 0.6) is 0 Å². The van der Waals surface area contributed by atoms with Crippen LogP contribution in [0, 0.1) is 0 Å². The van der Waals surface area contributed by atoms with Crippen LogP contribution in [0.3, 0.4) is 0 Å². The maximum absolute atomic E-state index is 4.61. The third-order valence-corrected chi connectivity index (χ3v) is 3.37. The molecule has 2 aromatic rings. The molecule has 1 aliphatic rings. The molecule has 5 heteroatoms. The van der Waals surface area contributed by atoms with Crippen molar-refractivity contribution < 1.29 is 0 Å². The van der Waals surface area contributed by atoms with Gasteiger partial charge in [0.1, 0.15) is 5.52 Å². The average molecular weight is 243 g/mol. The van der Waals surface area contributed by atoms with Gasteiger partial charge in [-0.2, -0.15) is 0 Å². The van der Waals surface area contributed by atoms with Gasteiger partial charge in [-0.25, -0.2) is 4.98 Å². The molecule has 0 amide bonds. The molecular weight excluding hydrogens is 226 g/mol. The van der Waals surface area contributed by atoms with Gasteiger partial charge in [-0.15, -0.1) is 10.2 Å². The van der Waals surface area contributed by atoms with E-state index >= 15 is 0 Å². The molecule has 0 radical (unpaired) electrons. The molecule has 2 unspecified atom stereocenters. The molecule has 0 spiro atoms. The molecule has 5 nitrogen and oxygen atoms in total. The Labute approximate surface area is 106 Å². The fourth-order valence-corrected chi connectivity index (χ4v) is 2.29. The number of benzene rings is 1. The lowest BCUT2D eigenvalue weighted by Crippen LogP contribution is -2.55. The Balaban J connectivity index is 1.97. The fraction of sp³-hybridized carbons (Fsp3) is 0.462. The fourth-order valence-electron chi connectivity index (χ4n) is 2.29. The topological polar surface area (TPSA) is 53.9 Å². The van der Waals surface area contributed by atoms with Crippen molar-refractivity contribution in [2.24, 2.45) is 0 Å². The van der Waals surface area contributed by atoms with E-state index in [-0.39, 0.29) is 0 Å². The molecular formula is C13H17N5. The molecule has 1 N–H and O–H groups in total. The van der Waals surface area contributed by atoms with Crippen LogP contribution in [0.4, 0.5) is 5.95 Å². The first-order valence-electron chi connectivity index (χ1n) is 6.33. The lowest BCUT2D eigenvalue weighted by Gasteiger charge is -2.37. The lowest BCUT2D eigenvalue weighted by atomic mass is 10.1. The zero-order valence-corrected chi connectivity index (χ0v) is 10.7. The van der Waals surface area contributed by atoms with E-state index < -0.39 is 0 Å². The van der Waals surface area contributed by atoms with Crippen molar-refractivity contribution in [3.63, 3.8) is 0 Å². The third-order valence-electron chi connectivity index (χ3n) is 3.37. The van der Waals surface area contributed by atoms with Gasteiger partial charge in [-0.3, -0.25) is 0 Å². The summed E-state index contributed by atoms with van der Waals surface area (Å²) in [6.45, 7) is 6.23. The van der Waals surface area contributed by atoms with Gasteiger partial charge < -0.3 is 10.2 Å². The SMILES string of the molecule is CC1CN(c2nnc3ccccc3n2)C(C)CN1. The summed E-state index contributed by atoms with van der Waals surface area (Å²) in [5, 5.41) is 11.9. The molecule has 1 saturated heterocycles. The quantitative estimate of drug-likeness (QED) is 0.816. The monoisotopic (exact) mass is 243 g/mol. The summed E-state index contributed by atoms with van der Waals surface area (Å²) in [7, 11) is 0. The Kier molecular flexibility index (Phi) is 2.83. The van der Waals surface area contributed by atoms with Gasteiger partial charge in [0.15, 0.2) is 0 Å². The molecule has 3 rings (SSSR count). The molecule has 1 aromatic carbocycles. The summed E-state index contributed by atoms with van der Waals surface area (Å²) in [6.07, 6.45) is 0. The van der Waals surface area contributed by atoms with Crippen LogP contribution < -0.4 is 10.2 Å². The largest absolute Gasteiger partial charge is 0.334 e. The van der Waals surface area contributed by atoms with Crippen LogP contribution >= 0.6 is 0 Å². The summed E-state index contributed by atoms with van der Waals surface area (Å²) in [4.78, 5) is 6.83. The Hall–Kier alpha value is -1.75. The van der Waals surface area contributed by atoms with Gasteiger partial charge in [0.25, 0.3) is 0 Å². The minimum Gasteiger partial charge on any atom is -0.334 e. The van der Waals surface area contributed by atoms with Crippen molar-refractivity contribution >= 4 is 17.0 Å². The Morgan fingerprint density at radius 2 is 1.94 bits per heavy atom. The second-order valence-corrected chi connectivity index (χ2v) is 4.91. The third kappa shape index (κ3) is 2.01. The number of hydrogen-bond acceptors (Lipinski definition) is 5. The molecule has 1 aromatic heterocycles. The molecule has 18 heavy (non-hydrogen) atoms. The average Bonchev–Trinajstić information content (AvgIpc) is 2.41. The highest BCUT2D eigenvalue weighted by molar-refractivity contribution is 5.74. The highest BCUT2D eigenvalue weighted by atomic mass is 15.4. The standard InChI is InChI=1S/C13H17N5/c1-9-8-18(10(2)7-14-9)13-15-11-5-3-4-6-12(11)16-17-13/h3-6,9-10,14H,7-8H2,1-2H3. The number of fused-ring (bicyclic) bond motifs is 1. The second-order valence-electron chi connectivity index (χ2n) is 4.91. The molecule has 2 heterocycles. The Morgan fingerprint density at radius 3 is 2.78 bits per heavy atom. The number of aromatic nitrogens is 3. The van der Waals surface area contributed by atoms with E-state index in [0.717, 1.165) is 30.1 Å². The van der Waals surface area contributed by atoms with Crippen LogP contribution in [-0.4, -0.2) is 40.4 Å². The summed E-state index contributed by atoms with van der Waals surface area (Å²) in [6, 6.07) is 8.69. The summed E-state index contributed by atoms with van der Waals surface area (Å²) >= 11 is 0. The zero-order chi connectivity index (χ0) is 12.5. The van der Waals surface area contributed by atoms with Gasteiger partial charge in [0.2, 0.25) is 5.95 Å². The van der Waals surface area contributed by atoms with Crippen LogP contribution in [-0.2, 0) is 0 Å². The van der Waals surface area contributed by atoms with Gasteiger partial charge in [0, 0.05) is 25.2 Å². The Morgan fingerprint density at radius 1 is 1.17 bits per heavy atom. The molecule has 1 aliphatic heterocycles. The molecule has 0 aliphatic carbocycles. The molecule has 1 fully saturated rings. The number of nitrogens with one attached hydrogen (secondary N) is 1.